The molecule has 0 spiro atoms. The third-order valence-electron chi connectivity index (χ3n) is 5.92. The summed E-state index contributed by atoms with van der Waals surface area (Å²) in [5.41, 5.74) is 2.40. The van der Waals surface area contributed by atoms with Crippen molar-refractivity contribution in [3.63, 3.8) is 0 Å². The van der Waals surface area contributed by atoms with Crippen LogP contribution in [-0.2, 0) is 0 Å². The lowest BCUT2D eigenvalue weighted by Crippen LogP contribution is -2.39. The minimum atomic E-state index is -0.152. The Bertz CT molecular complexity index is 1110. The van der Waals surface area contributed by atoms with Crippen LogP contribution in [-0.4, -0.2) is 52.8 Å². The molecule has 30 heavy (non-hydrogen) atoms. The number of benzene rings is 1. The Kier molecular flexibility index (Phi) is 5.40. The number of piperidine rings is 1. The van der Waals surface area contributed by atoms with Crippen molar-refractivity contribution < 1.29 is 0 Å². The molecule has 0 bridgehead atoms. The summed E-state index contributed by atoms with van der Waals surface area (Å²) in [6, 6.07) is 12.1. The third-order valence-corrected chi connectivity index (χ3v) is 6.47. The second-order valence-corrected chi connectivity index (χ2v) is 9.13. The van der Waals surface area contributed by atoms with Crippen molar-refractivity contribution >= 4 is 31.9 Å². The van der Waals surface area contributed by atoms with Gasteiger partial charge in [0.15, 0.2) is 0 Å². The first-order valence-electron chi connectivity index (χ1n) is 10.7. The van der Waals surface area contributed by atoms with Crippen LogP contribution in [0, 0.1) is 0 Å². The predicted molar refractivity (Wildman–Crippen MR) is 125 cm³/mol. The zero-order valence-corrected chi connectivity index (χ0v) is 18.1. The maximum Gasteiger partial charge on any atom is 0.263 e. The number of para-hydroxylation sites is 1. The van der Waals surface area contributed by atoms with E-state index in [1.165, 1.54) is 0 Å². The van der Waals surface area contributed by atoms with Crippen LogP contribution < -0.4 is 21.1 Å². The molecule has 3 aromatic rings. The summed E-state index contributed by atoms with van der Waals surface area (Å²) in [4.78, 5) is 28.1. The van der Waals surface area contributed by atoms with Gasteiger partial charge in [0.05, 0.1) is 11.2 Å². The van der Waals surface area contributed by atoms with Gasteiger partial charge in [-0.25, -0.2) is 4.98 Å². The van der Waals surface area contributed by atoms with Crippen LogP contribution in [0.3, 0.4) is 0 Å². The van der Waals surface area contributed by atoms with Gasteiger partial charge in [-0.1, -0.05) is 24.3 Å². The molecule has 5 rings (SSSR count). The lowest BCUT2D eigenvalue weighted by atomic mass is 10.1. The van der Waals surface area contributed by atoms with Gasteiger partial charge in [-0.2, -0.15) is 4.98 Å². The van der Waals surface area contributed by atoms with Gasteiger partial charge in [0.2, 0.25) is 5.95 Å². The lowest BCUT2D eigenvalue weighted by Gasteiger charge is -2.26. The molecule has 2 fully saturated rings. The summed E-state index contributed by atoms with van der Waals surface area (Å²) in [6.07, 6.45) is 3.24. The second-order valence-electron chi connectivity index (χ2n) is 8.18. The molecule has 0 radical (unpaired) electrons. The number of aromatic nitrogens is 3. The smallest absolute Gasteiger partial charge is 0.263 e. The van der Waals surface area contributed by atoms with Crippen LogP contribution in [0.15, 0.2) is 41.2 Å². The van der Waals surface area contributed by atoms with Crippen molar-refractivity contribution in [3.8, 4) is 11.3 Å². The molecule has 0 amide bonds. The van der Waals surface area contributed by atoms with E-state index in [4.69, 9.17) is 9.97 Å². The Morgan fingerprint density at radius 2 is 2.03 bits per heavy atom. The largest absolute Gasteiger partial charge is 0.365 e. The van der Waals surface area contributed by atoms with Crippen molar-refractivity contribution in [2.45, 2.75) is 31.0 Å². The zero-order chi connectivity index (χ0) is 20.5. The Morgan fingerprint density at radius 3 is 2.83 bits per heavy atom. The van der Waals surface area contributed by atoms with E-state index in [1.54, 1.807) is 0 Å². The molecule has 3 atom stereocenters. The molecule has 2 aliphatic heterocycles. The third kappa shape index (κ3) is 3.92. The van der Waals surface area contributed by atoms with E-state index in [-0.39, 0.29) is 11.6 Å². The number of nitrogens with zero attached hydrogens (tertiary/aromatic N) is 3. The highest BCUT2D eigenvalue weighted by molar-refractivity contribution is 7.17. The molecule has 0 saturated carbocycles. The molecule has 2 aromatic heterocycles. The van der Waals surface area contributed by atoms with Gasteiger partial charge in [0, 0.05) is 31.1 Å². The van der Waals surface area contributed by atoms with Crippen LogP contribution in [0.4, 0.5) is 11.8 Å². The van der Waals surface area contributed by atoms with Crippen LogP contribution in [0.5, 0.6) is 0 Å². The highest BCUT2D eigenvalue weighted by Crippen LogP contribution is 2.28. The first-order valence-corrected chi connectivity index (χ1v) is 11.3. The molecule has 2 aliphatic rings. The van der Waals surface area contributed by atoms with Crippen molar-refractivity contribution in [1.82, 2.24) is 20.3 Å². The van der Waals surface area contributed by atoms with Crippen molar-refractivity contribution in [1.29, 1.82) is 0 Å². The number of nitrogens with one attached hydrogen (secondary N) is 3. The van der Waals surface area contributed by atoms with Crippen LogP contribution >= 0.6 is 9.24 Å². The number of H-pyrrole nitrogens is 1. The van der Waals surface area contributed by atoms with E-state index in [2.05, 4.69) is 29.8 Å². The Hall–Kier alpha value is -2.50. The average molecular weight is 422 g/mol. The van der Waals surface area contributed by atoms with Crippen molar-refractivity contribution in [3.05, 3.63) is 46.8 Å². The number of pyridine rings is 1. The first kappa shape index (κ1) is 19.5. The number of hydrogen-bond donors (Lipinski definition) is 3. The molecule has 2 saturated heterocycles. The Labute approximate surface area is 177 Å². The molecule has 0 aliphatic carbocycles. The molecule has 1 aromatic carbocycles. The topological polar surface area (TPSA) is 85.9 Å². The number of rotatable bonds is 4. The SMILES string of the molecule is O=c1[nH]c(N2CCC(P)C2)nc(NC2CCCNC2)c1-c1ccc2ccccc2n1. The molecule has 3 N–H and O–H groups in total. The minimum absolute atomic E-state index is 0.152. The number of hydrogen-bond acceptors (Lipinski definition) is 6. The van der Waals surface area contributed by atoms with Gasteiger partial charge in [-0.15, -0.1) is 9.24 Å². The average Bonchev–Trinajstić information content (AvgIpc) is 3.20. The van der Waals surface area contributed by atoms with Gasteiger partial charge < -0.3 is 15.5 Å². The first-order chi connectivity index (χ1) is 14.7. The highest BCUT2D eigenvalue weighted by atomic mass is 31.0. The highest BCUT2D eigenvalue weighted by Gasteiger charge is 2.25. The summed E-state index contributed by atoms with van der Waals surface area (Å²) < 4.78 is 0. The predicted octanol–water partition coefficient (Wildman–Crippen LogP) is 2.60. The number of anilines is 2. The molecule has 7 nitrogen and oxygen atoms in total. The fourth-order valence-electron chi connectivity index (χ4n) is 4.31. The van der Waals surface area contributed by atoms with Crippen LogP contribution in [0.25, 0.3) is 22.2 Å². The zero-order valence-electron chi connectivity index (χ0n) is 16.9. The molecule has 156 valence electrons. The van der Waals surface area contributed by atoms with Gasteiger partial charge in [0.25, 0.3) is 5.56 Å². The van der Waals surface area contributed by atoms with Crippen molar-refractivity contribution in [2.75, 3.05) is 36.4 Å². The normalized spacial score (nSPS) is 21.8. The molecular weight excluding hydrogens is 395 g/mol. The van der Waals surface area contributed by atoms with Crippen molar-refractivity contribution in [2.24, 2.45) is 0 Å². The van der Waals surface area contributed by atoms with Gasteiger partial charge in [-0.05, 0) is 43.6 Å². The maximum absolute atomic E-state index is 13.3. The van der Waals surface area contributed by atoms with Gasteiger partial charge >= 0.3 is 0 Å². The molecule has 8 heteroatoms. The second kappa shape index (κ2) is 8.32. The summed E-state index contributed by atoms with van der Waals surface area (Å²) in [7, 11) is 2.87. The number of aromatic amines is 1. The molecule has 4 heterocycles. The van der Waals surface area contributed by atoms with Gasteiger partial charge in [-0.3, -0.25) is 9.78 Å². The monoisotopic (exact) mass is 422 g/mol. The minimum Gasteiger partial charge on any atom is -0.365 e. The standard InChI is InChI=1S/C22H27N6OP/c29-21-19(18-8-7-14-4-1-2-6-17(14)25-18)20(24-15-5-3-10-23-12-15)26-22(27-21)28-11-9-16(30)13-28/h1-2,4,6-8,15-16,23H,3,5,9-13,30H2,(H2,24,26,27,29). The summed E-state index contributed by atoms with van der Waals surface area (Å²) >= 11 is 0. The summed E-state index contributed by atoms with van der Waals surface area (Å²) in [5, 5.41) is 8.02. The maximum atomic E-state index is 13.3. The number of fused-ring (bicyclic) bond motifs is 1. The van der Waals surface area contributed by atoms with E-state index >= 15 is 0 Å². The molecular formula is C22H27N6OP. The van der Waals surface area contributed by atoms with E-state index in [9.17, 15) is 4.79 Å². The fourth-order valence-corrected chi connectivity index (χ4v) is 4.71. The van der Waals surface area contributed by atoms with Crippen LogP contribution in [0.1, 0.15) is 19.3 Å². The Morgan fingerprint density at radius 1 is 1.13 bits per heavy atom. The van der Waals surface area contributed by atoms with Crippen LogP contribution in [0.2, 0.25) is 0 Å². The fraction of sp³-hybridized carbons (Fsp3) is 0.409. The van der Waals surface area contributed by atoms with E-state index in [0.29, 0.717) is 28.7 Å². The summed E-state index contributed by atoms with van der Waals surface area (Å²) in [6.45, 7) is 3.68. The van der Waals surface area contributed by atoms with E-state index in [1.807, 2.05) is 36.4 Å². The lowest BCUT2D eigenvalue weighted by molar-refractivity contribution is 0.479. The van der Waals surface area contributed by atoms with E-state index < -0.39 is 0 Å². The summed E-state index contributed by atoms with van der Waals surface area (Å²) in [5.74, 6) is 1.26. The quantitative estimate of drug-likeness (QED) is 0.561. The molecule has 3 unspecified atom stereocenters. The van der Waals surface area contributed by atoms with Gasteiger partial charge in [0.1, 0.15) is 11.4 Å². The van der Waals surface area contributed by atoms with E-state index in [0.717, 1.165) is 56.3 Å². The Balaban J connectivity index is 1.59.